The summed E-state index contributed by atoms with van der Waals surface area (Å²) < 4.78 is 1.09. The van der Waals surface area contributed by atoms with Crippen molar-refractivity contribution >= 4 is 45.8 Å². The van der Waals surface area contributed by atoms with Gasteiger partial charge in [0.15, 0.2) is 5.78 Å². The summed E-state index contributed by atoms with van der Waals surface area (Å²) in [4.78, 5) is 23.1. The third kappa shape index (κ3) is 4.29. The lowest BCUT2D eigenvalue weighted by Crippen LogP contribution is -2.19. The predicted octanol–water partition coefficient (Wildman–Crippen LogP) is 4.45. The van der Waals surface area contributed by atoms with Gasteiger partial charge in [-0.3, -0.25) is 4.79 Å². The standard InChI is InChI=1S/C16H15IN2O2/c1-10-3-6-14(9-15(10)17)19-16(21)18-13-7-4-12(5-8-13)11(2)20/h3-9H,1-2H3,(H2,18,19,21). The van der Waals surface area contributed by atoms with E-state index in [1.54, 1.807) is 24.3 Å². The largest absolute Gasteiger partial charge is 0.323 e. The lowest BCUT2D eigenvalue weighted by Gasteiger charge is -2.09. The molecule has 108 valence electrons. The first-order valence-corrected chi connectivity index (χ1v) is 7.49. The summed E-state index contributed by atoms with van der Waals surface area (Å²) in [6.07, 6.45) is 0. The molecule has 0 fully saturated rings. The van der Waals surface area contributed by atoms with Gasteiger partial charge in [0.05, 0.1) is 0 Å². The van der Waals surface area contributed by atoms with Gasteiger partial charge in [-0.15, -0.1) is 0 Å². The SMILES string of the molecule is CC(=O)c1ccc(NC(=O)Nc2ccc(C)c(I)c2)cc1. The van der Waals surface area contributed by atoms with Gasteiger partial charge < -0.3 is 10.6 Å². The fourth-order valence-electron chi connectivity index (χ4n) is 1.75. The van der Waals surface area contributed by atoms with E-state index in [9.17, 15) is 9.59 Å². The molecule has 21 heavy (non-hydrogen) atoms. The minimum atomic E-state index is -0.315. The van der Waals surface area contributed by atoms with Crippen LogP contribution in [0.3, 0.4) is 0 Å². The third-order valence-corrected chi connectivity index (χ3v) is 4.14. The number of benzene rings is 2. The average molecular weight is 394 g/mol. The third-order valence-electron chi connectivity index (χ3n) is 2.98. The second-order valence-corrected chi connectivity index (χ2v) is 5.84. The maximum atomic E-state index is 11.9. The predicted molar refractivity (Wildman–Crippen MR) is 93.0 cm³/mol. The monoisotopic (exact) mass is 394 g/mol. The maximum absolute atomic E-state index is 11.9. The fraction of sp³-hybridized carbons (Fsp3) is 0.125. The number of urea groups is 1. The second-order valence-electron chi connectivity index (χ2n) is 4.68. The smallest absolute Gasteiger partial charge is 0.308 e. The molecular formula is C16H15IN2O2. The highest BCUT2D eigenvalue weighted by atomic mass is 127. The summed E-state index contributed by atoms with van der Waals surface area (Å²) in [5, 5.41) is 5.50. The summed E-state index contributed by atoms with van der Waals surface area (Å²) in [5.74, 6) is 0.000215. The van der Waals surface area contributed by atoms with Crippen molar-refractivity contribution < 1.29 is 9.59 Å². The van der Waals surface area contributed by atoms with Crippen LogP contribution in [0.1, 0.15) is 22.8 Å². The van der Waals surface area contributed by atoms with Crippen molar-refractivity contribution in [2.24, 2.45) is 0 Å². The Kier molecular flexibility index (Phi) is 4.95. The van der Waals surface area contributed by atoms with E-state index >= 15 is 0 Å². The summed E-state index contributed by atoms with van der Waals surface area (Å²) >= 11 is 2.23. The summed E-state index contributed by atoms with van der Waals surface area (Å²) in [5.41, 5.74) is 3.16. The minimum Gasteiger partial charge on any atom is -0.308 e. The number of aryl methyl sites for hydroxylation is 1. The Labute approximate surface area is 137 Å². The normalized spacial score (nSPS) is 10.0. The van der Waals surface area contributed by atoms with E-state index in [4.69, 9.17) is 0 Å². The molecule has 2 rings (SSSR count). The Morgan fingerprint density at radius 2 is 1.52 bits per heavy atom. The Hall–Kier alpha value is -1.89. The first-order chi connectivity index (χ1) is 9.95. The Morgan fingerprint density at radius 3 is 2.10 bits per heavy atom. The van der Waals surface area contributed by atoms with E-state index in [2.05, 4.69) is 33.2 Å². The van der Waals surface area contributed by atoms with Crippen molar-refractivity contribution in [3.63, 3.8) is 0 Å². The van der Waals surface area contributed by atoms with Crippen LogP contribution in [0.5, 0.6) is 0 Å². The maximum Gasteiger partial charge on any atom is 0.323 e. The van der Waals surface area contributed by atoms with Crippen LogP contribution in [0.25, 0.3) is 0 Å². The summed E-state index contributed by atoms with van der Waals surface area (Å²) in [6, 6.07) is 12.2. The van der Waals surface area contributed by atoms with E-state index in [1.165, 1.54) is 12.5 Å². The molecule has 0 saturated carbocycles. The Bertz CT molecular complexity index is 681. The molecule has 2 amide bonds. The van der Waals surface area contributed by atoms with Crippen molar-refractivity contribution in [3.8, 4) is 0 Å². The van der Waals surface area contributed by atoms with Crippen molar-refractivity contribution in [2.45, 2.75) is 13.8 Å². The highest BCUT2D eigenvalue weighted by Crippen LogP contribution is 2.17. The molecular weight excluding hydrogens is 379 g/mol. The molecule has 5 heteroatoms. The molecule has 0 radical (unpaired) electrons. The number of amides is 2. The van der Waals surface area contributed by atoms with Gasteiger partial charge in [-0.1, -0.05) is 6.07 Å². The lowest BCUT2D eigenvalue weighted by molar-refractivity contribution is 0.101. The van der Waals surface area contributed by atoms with Gasteiger partial charge in [-0.2, -0.15) is 0 Å². The number of Topliss-reactive ketones (excluding diaryl/α,β-unsaturated/α-hetero) is 1. The lowest BCUT2D eigenvalue weighted by atomic mass is 10.1. The van der Waals surface area contributed by atoms with Gasteiger partial charge in [-0.05, 0) is 78.4 Å². The molecule has 0 bridgehead atoms. The quantitative estimate of drug-likeness (QED) is 0.597. The van der Waals surface area contributed by atoms with E-state index in [1.807, 2.05) is 25.1 Å². The van der Waals surface area contributed by atoms with Crippen LogP contribution in [0.2, 0.25) is 0 Å². The van der Waals surface area contributed by atoms with Crippen molar-refractivity contribution in [1.29, 1.82) is 0 Å². The van der Waals surface area contributed by atoms with Crippen molar-refractivity contribution in [1.82, 2.24) is 0 Å². The molecule has 2 N–H and O–H groups in total. The zero-order valence-corrected chi connectivity index (χ0v) is 13.9. The Balaban J connectivity index is 2.01. The molecule has 4 nitrogen and oxygen atoms in total. The van der Waals surface area contributed by atoms with Crippen LogP contribution in [-0.4, -0.2) is 11.8 Å². The van der Waals surface area contributed by atoms with Crippen LogP contribution in [0, 0.1) is 10.5 Å². The topological polar surface area (TPSA) is 58.2 Å². The van der Waals surface area contributed by atoms with Crippen LogP contribution in [-0.2, 0) is 0 Å². The molecule has 0 aromatic heterocycles. The molecule has 2 aromatic carbocycles. The molecule has 0 aliphatic carbocycles. The van der Waals surface area contributed by atoms with Gasteiger partial charge >= 0.3 is 6.03 Å². The molecule has 0 aliphatic rings. The van der Waals surface area contributed by atoms with Crippen LogP contribution >= 0.6 is 22.6 Å². The molecule has 0 aliphatic heterocycles. The number of carbonyl (C=O) groups is 2. The molecule has 0 spiro atoms. The number of rotatable bonds is 3. The summed E-state index contributed by atoms with van der Waals surface area (Å²) in [6.45, 7) is 3.52. The fourth-order valence-corrected chi connectivity index (χ4v) is 2.27. The number of nitrogens with one attached hydrogen (secondary N) is 2. The van der Waals surface area contributed by atoms with Crippen LogP contribution in [0.15, 0.2) is 42.5 Å². The molecule has 0 unspecified atom stereocenters. The van der Waals surface area contributed by atoms with Gasteiger partial charge in [0.2, 0.25) is 0 Å². The zero-order valence-electron chi connectivity index (χ0n) is 11.7. The number of hydrogen-bond acceptors (Lipinski definition) is 2. The minimum absolute atomic E-state index is 0.000215. The first-order valence-electron chi connectivity index (χ1n) is 6.41. The number of hydrogen-bond donors (Lipinski definition) is 2. The van der Waals surface area contributed by atoms with Gasteiger partial charge in [-0.25, -0.2) is 4.79 Å². The molecule has 0 heterocycles. The van der Waals surface area contributed by atoms with Gasteiger partial charge in [0, 0.05) is 20.5 Å². The van der Waals surface area contributed by atoms with E-state index in [-0.39, 0.29) is 11.8 Å². The van der Waals surface area contributed by atoms with Crippen molar-refractivity contribution in [2.75, 3.05) is 10.6 Å². The van der Waals surface area contributed by atoms with Gasteiger partial charge in [0.25, 0.3) is 0 Å². The summed E-state index contributed by atoms with van der Waals surface area (Å²) in [7, 11) is 0. The second kappa shape index (κ2) is 6.71. The number of anilines is 2. The first kappa shape index (κ1) is 15.5. The van der Waals surface area contributed by atoms with Crippen LogP contribution in [0.4, 0.5) is 16.2 Å². The molecule has 0 atom stereocenters. The average Bonchev–Trinajstić information content (AvgIpc) is 2.43. The number of halogens is 1. The highest BCUT2D eigenvalue weighted by molar-refractivity contribution is 14.1. The molecule has 2 aromatic rings. The van der Waals surface area contributed by atoms with Gasteiger partial charge in [0.1, 0.15) is 0 Å². The van der Waals surface area contributed by atoms with Crippen molar-refractivity contribution in [3.05, 3.63) is 57.2 Å². The zero-order chi connectivity index (χ0) is 15.4. The number of carbonyl (C=O) groups excluding carboxylic acids is 2. The van der Waals surface area contributed by atoms with E-state index < -0.39 is 0 Å². The highest BCUT2D eigenvalue weighted by Gasteiger charge is 2.05. The van der Waals surface area contributed by atoms with E-state index in [0.29, 0.717) is 11.3 Å². The Morgan fingerprint density at radius 1 is 0.952 bits per heavy atom. The van der Waals surface area contributed by atoms with Crippen LogP contribution < -0.4 is 10.6 Å². The van der Waals surface area contributed by atoms with E-state index in [0.717, 1.165) is 9.26 Å². The molecule has 0 saturated heterocycles. The number of ketones is 1.